The summed E-state index contributed by atoms with van der Waals surface area (Å²) in [5.74, 6) is -2.81. The summed E-state index contributed by atoms with van der Waals surface area (Å²) in [6.07, 6.45) is 0. The first-order valence-corrected chi connectivity index (χ1v) is 2.84. The van der Waals surface area contributed by atoms with Crippen molar-refractivity contribution < 1.29 is 19.8 Å². The fourth-order valence-electron chi connectivity index (χ4n) is 0.0915. The van der Waals surface area contributed by atoms with Gasteiger partial charge >= 0.3 is 11.9 Å². The second-order valence-electron chi connectivity index (χ2n) is 1.61. The van der Waals surface area contributed by atoms with Crippen LogP contribution in [0.3, 0.4) is 0 Å². The third-order valence-electron chi connectivity index (χ3n) is 0.803. The summed E-state index contributed by atoms with van der Waals surface area (Å²) >= 11 is 2.51. The Labute approximate surface area is 59.6 Å². The Morgan fingerprint density at radius 2 is 1.56 bits per heavy atom. The molecule has 9 heavy (non-hydrogen) atoms. The molecule has 0 amide bonds. The van der Waals surface area contributed by atoms with Crippen LogP contribution >= 0.6 is 15.9 Å². The second-order valence-corrected chi connectivity index (χ2v) is 3.20. The van der Waals surface area contributed by atoms with Crippen molar-refractivity contribution in [3.63, 3.8) is 0 Å². The van der Waals surface area contributed by atoms with Gasteiger partial charge in [0.25, 0.3) is 0 Å². The molecule has 0 unspecified atom stereocenters. The number of rotatable bonds is 2. The molecule has 0 atom stereocenters. The molecule has 0 aliphatic heterocycles. The Kier molecular flexibility index (Phi) is 2.19. The highest BCUT2D eigenvalue weighted by atomic mass is 79.9. The Hall–Kier alpha value is -0.580. The van der Waals surface area contributed by atoms with E-state index in [0.29, 0.717) is 0 Å². The topological polar surface area (TPSA) is 74.6 Å². The monoisotopic (exact) mass is 196 g/mol. The average molecular weight is 197 g/mol. The quantitative estimate of drug-likeness (QED) is 0.493. The molecule has 0 saturated carbocycles. The molecule has 0 aliphatic carbocycles. The minimum atomic E-state index is -1.85. The van der Waals surface area contributed by atoms with Crippen LogP contribution < -0.4 is 0 Å². The van der Waals surface area contributed by atoms with E-state index >= 15 is 0 Å². The number of hydrogen-bond acceptors (Lipinski definition) is 2. The van der Waals surface area contributed by atoms with E-state index in [1.54, 1.807) is 0 Å². The lowest BCUT2D eigenvalue weighted by Crippen LogP contribution is -2.36. The Morgan fingerprint density at radius 3 is 1.56 bits per heavy atom. The molecule has 0 rings (SSSR count). The summed E-state index contributed by atoms with van der Waals surface area (Å²) in [5, 5.41) is 16.4. The predicted molar refractivity (Wildman–Crippen MR) is 32.6 cm³/mol. The summed E-state index contributed by atoms with van der Waals surface area (Å²) in [5.41, 5.74) is 0. The lowest BCUT2D eigenvalue weighted by Gasteiger charge is -2.08. The molecule has 2 N–H and O–H groups in total. The van der Waals surface area contributed by atoms with Gasteiger partial charge in [-0.25, -0.2) is 0 Å². The molecule has 5 heteroatoms. The van der Waals surface area contributed by atoms with Gasteiger partial charge in [0.05, 0.1) is 0 Å². The molecule has 0 saturated heterocycles. The van der Waals surface area contributed by atoms with Gasteiger partial charge in [0.2, 0.25) is 4.32 Å². The summed E-state index contributed by atoms with van der Waals surface area (Å²) in [6, 6.07) is 0. The first kappa shape index (κ1) is 8.42. The highest BCUT2D eigenvalue weighted by molar-refractivity contribution is 9.10. The Bertz CT molecular complexity index is 135. The molecule has 0 radical (unpaired) electrons. The first-order valence-electron chi connectivity index (χ1n) is 2.04. The molecule has 0 spiro atoms. The molecule has 0 bridgehead atoms. The van der Waals surface area contributed by atoms with E-state index in [9.17, 15) is 9.59 Å². The standard InChI is InChI=1S/C4H5BrO4/c1-4(5,2(6)7)3(8)9/h1H3,(H,6,7)(H,8,9). The van der Waals surface area contributed by atoms with Crippen LogP contribution in [0.1, 0.15) is 6.92 Å². The number of carboxylic acids is 2. The zero-order chi connectivity index (χ0) is 7.65. The molecule has 0 aromatic carbocycles. The normalized spacial score (nSPS) is 10.9. The minimum absolute atomic E-state index is 1.05. The van der Waals surface area contributed by atoms with E-state index < -0.39 is 16.3 Å². The highest BCUT2D eigenvalue weighted by Crippen LogP contribution is 2.16. The largest absolute Gasteiger partial charge is 0.480 e. The lowest BCUT2D eigenvalue weighted by molar-refractivity contribution is -0.150. The van der Waals surface area contributed by atoms with Crippen LogP contribution in [0.15, 0.2) is 0 Å². The van der Waals surface area contributed by atoms with E-state index in [1.807, 2.05) is 0 Å². The molecular weight excluding hydrogens is 192 g/mol. The number of carbonyl (C=O) groups is 2. The van der Waals surface area contributed by atoms with E-state index in [4.69, 9.17) is 10.2 Å². The maximum atomic E-state index is 10.0. The van der Waals surface area contributed by atoms with Crippen LogP contribution in [0.2, 0.25) is 0 Å². The van der Waals surface area contributed by atoms with Gasteiger partial charge in [-0.3, -0.25) is 9.59 Å². The summed E-state index contributed by atoms with van der Waals surface area (Å²) in [7, 11) is 0. The molecule has 0 aliphatic rings. The van der Waals surface area contributed by atoms with E-state index in [1.165, 1.54) is 0 Å². The first-order chi connectivity index (χ1) is 3.89. The fourth-order valence-corrected chi connectivity index (χ4v) is 0.0915. The molecule has 0 aromatic rings. The summed E-state index contributed by atoms with van der Waals surface area (Å²) in [4.78, 5) is 20.1. The van der Waals surface area contributed by atoms with Crippen molar-refractivity contribution >= 4 is 27.9 Å². The zero-order valence-electron chi connectivity index (χ0n) is 4.59. The molecular formula is C4H5BrO4. The number of hydrogen-bond donors (Lipinski definition) is 2. The maximum Gasteiger partial charge on any atom is 0.331 e. The molecule has 0 aromatic heterocycles. The number of carboxylic acid groups (broad SMARTS) is 2. The molecule has 52 valence electrons. The van der Waals surface area contributed by atoms with Gasteiger partial charge in [-0.05, 0) is 6.92 Å². The Morgan fingerprint density at radius 1 is 1.33 bits per heavy atom. The number of aliphatic carboxylic acids is 2. The van der Waals surface area contributed by atoms with Gasteiger partial charge in [0, 0.05) is 0 Å². The fraction of sp³-hybridized carbons (Fsp3) is 0.500. The van der Waals surface area contributed by atoms with Crippen LogP contribution in [-0.4, -0.2) is 26.5 Å². The third kappa shape index (κ3) is 1.67. The SMILES string of the molecule is CC(Br)(C(=O)O)C(=O)O. The molecule has 0 heterocycles. The summed E-state index contributed by atoms with van der Waals surface area (Å²) in [6.45, 7) is 1.05. The molecule has 4 nitrogen and oxygen atoms in total. The number of alkyl halides is 1. The van der Waals surface area contributed by atoms with Crippen LogP contribution in [0.4, 0.5) is 0 Å². The zero-order valence-corrected chi connectivity index (χ0v) is 6.17. The van der Waals surface area contributed by atoms with Crippen LogP contribution in [-0.2, 0) is 9.59 Å². The second kappa shape index (κ2) is 2.34. The van der Waals surface area contributed by atoms with E-state index in [2.05, 4.69) is 15.9 Å². The third-order valence-corrected chi connectivity index (χ3v) is 1.48. The summed E-state index contributed by atoms with van der Waals surface area (Å²) < 4.78 is -1.85. The van der Waals surface area contributed by atoms with Crippen molar-refractivity contribution in [2.45, 2.75) is 11.2 Å². The van der Waals surface area contributed by atoms with Crippen molar-refractivity contribution in [2.24, 2.45) is 0 Å². The van der Waals surface area contributed by atoms with Crippen molar-refractivity contribution in [2.75, 3.05) is 0 Å². The lowest BCUT2D eigenvalue weighted by atomic mass is 10.2. The van der Waals surface area contributed by atoms with E-state index in [-0.39, 0.29) is 0 Å². The predicted octanol–water partition coefficient (Wildman–Crippen LogP) is 0.309. The highest BCUT2D eigenvalue weighted by Gasteiger charge is 2.38. The number of halogens is 1. The van der Waals surface area contributed by atoms with Gasteiger partial charge in [0.1, 0.15) is 0 Å². The van der Waals surface area contributed by atoms with Crippen molar-refractivity contribution in [3.8, 4) is 0 Å². The van der Waals surface area contributed by atoms with Gasteiger partial charge < -0.3 is 10.2 Å². The van der Waals surface area contributed by atoms with Gasteiger partial charge in [-0.1, -0.05) is 15.9 Å². The van der Waals surface area contributed by atoms with Crippen LogP contribution in [0, 0.1) is 0 Å². The van der Waals surface area contributed by atoms with Crippen LogP contribution in [0.5, 0.6) is 0 Å². The van der Waals surface area contributed by atoms with Crippen molar-refractivity contribution in [1.82, 2.24) is 0 Å². The maximum absolute atomic E-state index is 10.0. The van der Waals surface area contributed by atoms with Gasteiger partial charge in [-0.15, -0.1) is 0 Å². The minimum Gasteiger partial charge on any atom is -0.480 e. The van der Waals surface area contributed by atoms with Crippen molar-refractivity contribution in [1.29, 1.82) is 0 Å². The van der Waals surface area contributed by atoms with Crippen molar-refractivity contribution in [3.05, 3.63) is 0 Å². The average Bonchev–Trinajstić information content (AvgIpc) is 1.65. The Balaban J connectivity index is 4.38. The van der Waals surface area contributed by atoms with Crippen LogP contribution in [0.25, 0.3) is 0 Å². The van der Waals surface area contributed by atoms with Gasteiger partial charge in [0.15, 0.2) is 0 Å². The van der Waals surface area contributed by atoms with Gasteiger partial charge in [-0.2, -0.15) is 0 Å². The smallest absolute Gasteiger partial charge is 0.331 e. The molecule has 0 fully saturated rings. The van der Waals surface area contributed by atoms with E-state index in [0.717, 1.165) is 6.92 Å².